The Morgan fingerprint density at radius 3 is 2.82 bits per heavy atom. The molecule has 1 aromatic carbocycles. The number of rotatable bonds is 4. The van der Waals surface area contributed by atoms with Crippen LogP contribution >= 0.6 is 0 Å². The zero-order valence-electron chi connectivity index (χ0n) is 18.6. The van der Waals surface area contributed by atoms with Crippen LogP contribution in [0.15, 0.2) is 53.5 Å². The van der Waals surface area contributed by atoms with Crippen molar-refractivity contribution in [3.63, 3.8) is 0 Å². The van der Waals surface area contributed by atoms with Crippen molar-refractivity contribution in [1.82, 2.24) is 28.8 Å². The maximum atomic E-state index is 13.7. The maximum Gasteiger partial charge on any atom is 0.330 e. The summed E-state index contributed by atoms with van der Waals surface area (Å²) in [5.74, 6) is -0.471. The predicted molar refractivity (Wildman–Crippen MR) is 122 cm³/mol. The van der Waals surface area contributed by atoms with E-state index in [2.05, 4.69) is 10.1 Å². The first-order valence-corrected chi connectivity index (χ1v) is 11.0. The summed E-state index contributed by atoms with van der Waals surface area (Å²) in [6.45, 7) is 3.18. The normalized spacial score (nSPS) is 16.5. The van der Waals surface area contributed by atoms with Gasteiger partial charge in [0, 0.05) is 32.0 Å². The molecule has 0 unspecified atom stereocenters. The number of carbonyl (C=O) groups is 1. The predicted octanol–water partition coefficient (Wildman–Crippen LogP) is 2.90. The maximum absolute atomic E-state index is 13.7. The van der Waals surface area contributed by atoms with E-state index in [0.717, 1.165) is 18.5 Å². The molecule has 5 rings (SSSR count). The number of hydrogen-bond donors (Lipinski definition) is 0. The summed E-state index contributed by atoms with van der Waals surface area (Å²) >= 11 is 0. The van der Waals surface area contributed by atoms with Crippen molar-refractivity contribution in [3.8, 4) is 0 Å². The van der Waals surface area contributed by atoms with E-state index in [1.807, 2.05) is 20.0 Å². The van der Waals surface area contributed by atoms with Crippen LogP contribution in [0.4, 0.5) is 4.39 Å². The molecule has 0 spiro atoms. The molecule has 0 radical (unpaired) electrons. The Hall–Kier alpha value is -3.75. The van der Waals surface area contributed by atoms with Crippen molar-refractivity contribution >= 4 is 17.1 Å². The molecule has 170 valence electrons. The lowest BCUT2D eigenvalue weighted by atomic mass is 10.0. The van der Waals surface area contributed by atoms with Gasteiger partial charge in [0.2, 0.25) is 0 Å². The molecule has 0 bridgehead atoms. The Balaban J connectivity index is 1.50. The highest BCUT2D eigenvalue weighted by molar-refractivity contribution is 5.92. The first-order chi connectivity index (χ1) is 15.9. The van der Waals surface area contributed by atoms with E-state index in [9.17, 15) is 14.0 Å². The number of aromatic nitrogens is 5. The van der Waals surface area contributed by atoms with Gasteiger partial charge in [0.25, 0.3) is 5.91 Å². The van der Waals surface area contributed by atoms with Crippen molar-refractivity contribution in [2.45, 2.75) is 32.4 Å². The topological polar surface area (TPSA) is 78.0 Å². The van der Waals surface area contributed by atoms with Gasteiger partial charge in [-0.05, 0) is 55.7 Å². The third-order valence-electron chi connectivity index (χ3n) is 6.33. The zero-order chi connectivity index (χ0) is 23.1. The second-order valence-electron chi connectivity index (χ2n) is 8.56. The lowest BCUT2D eigenvalue weighted by Gasteiger charge is -2.32. The van der Waals surface area contributed by atoms with Crippen LogP contribution < -0.4 is 5.69 Å². The fourth-order valence-electron chi connectivity index (χ4n) is 4.59. The van der Waals surface area contributed by atoms with E-state index in [0.29, 0.717) is 35.5 Å². The van der Waals surface area contributed by atoms with Gasteiger partial charge in [-0.1, -0.05) is 12.1 Å². The summed E-state index contributed by atoms with van der Waals surface area (Å²) in [7, 11) is 1.81. The Bertz CT molecular complexity index is 1380. The molecule has 0 saturated carbocycles. The largest absolute Gasteiger partial charge is 0.335 e. The van der Waals surface area contributed by atoms with Gasteiger partial charge in [-0.15, -0.1) is 0 Å². The molecule has 4 aromatic rings. The molecule has 3 aromatic heterocycles. The molecule has 1 amide bonds. The number of benzene rings is 1. The molecule has 0 aliphatic carbocycles. The molecule has 1 fully saturated rings. The average molecular weight is 449 g/mol. The number of pyridine rings is 1. The van der Waals surface area contributed by atoms with E-state index < -0.39 is 0 Å². The minimum absolute atomic E-state index is 0.132. The molecule has 4 heterocycles. The van der Waals surface area contributed by atoms with Crippen molar-refractivity contribution in [1.29, 1.82) is 0 Å². The smallest absolute Gasteiger partial charge is 0.330 e. The van der Waals surface area contributed by atoms with E-state index in [1.54, 1.807) is 49.2 Å². The Labute approximate surface area is 189 Å². The van der Waals surface area contributed by atoms with E-state index in [4.69, 9.17) is 0 Å². The van der Waals surface area contributed by atoms with Crippen LogP contribution in [0, 0.1) is 12.7 Å². The summed E-state index contributed by atoms with van der Waals surface area (Å²) in [6.07, 6.45) is 3.20. The third kappa shape index (κ3) is 3.83. The molecule has 1 aliphatic rings. The summed E-state index contributed by atoms with van der Waals surface area (Å²) < 4.78 is 18.7. The molecule has 1 aliphatic heterocycles. The van der Waals surface area contributed by atoms with Crippen molar-refractivity contribution in [3.05, 3.63) is 81.9 Å². The molecule has 0 N–H and O–H groups in total. The summed E-state index contributed by atoms with van der Waals surface area (Å²) in [6, 6.07) is 11.5. The number of likely N-dealkylation sites (tertiary alicyclic amines) is 1. The molecule has 1 atom stereocenters. The van der Waals surface area contributed by atoms with Crippen LogP contribution in [0.3, 0.4) is 0 Å². The number of aryl methyl sites for hydroxylation is 2. The van der Waals surface area contributed by atoms with Gasteiger partial charge in [-0.25, -0.2) is 14.2 Å². The quantitative estimate of drug-likeness (QED) is 0.481. The highest BCUT2D eigenvalue weighted by atomic mass is 19.1. The summed E-state index contributed by atoms with van der Waals surface area (Å²) in [5.41, 5.74) is 3.08. The van der Waals surface area contributed by atoms with E-state index in [-0.39, 0.29) is 30.0 Å². The molecule has 8 nitrogen and oxygen atoms in total. The molecule has 9 heteroatoms. The van der Waals surface area contributed by atoms with Crippen LogP contribution in [-0.4, -0.2) is 47.8 Å². The van der Waals surface area contributed by atoms with E-state index >= 15 is 0 Å². The minimum Gasteiger partial charge on any atom is -0.335 e. The van der Waals surface area contributed by atoms with Crippen LogP contribution in [0.25, 0.3) is 11.2 Å². The Morgan fingerprint density at radius 1 is 1.21 bits per heavy atom. The standard InChI is InChI=1S/C24H25FN6O2/c1-16-12-20(27-28(16)2)23(32)29-11-5-8-19(15-29)31-22-21(9-4-10-26-22)30(24(31)33)14-17-6-3-7-18(25)13-17/h3-4,6-7,9-10,12-13,19H,5,8,11,14-15H2,1-2H3/t19-/m0/s1. The fourth-order valence-corrected chi connectivity index (χ4v) is 4.59. The number of imidazole rings is 1. The second kappa shape index (κ2) is 8.31. The number of piperidine rings is 1. The molecule has 33 heavy (non-hydrogen) atoms. The minimum atomic E-state index is -0.339. The number of halogens is 1. The molecule has 1 saturated heterocycles. The highest BCUT2D eigenvalue weighted by Crippen LogP contribution is 2.25. The van der Waals surface area contributed by atoms with Crippen molar-refractivity contribution in [2.24, 2.45) is 7.05 Å². The number of hydrogen-bond acceptors (Lipinski definition) is 4. The number of fused-ring (bicyclic) bond motifs is 1. The van der Waals surface area contributed by atoms with Crippen molar-refractivity contribution in [2.75, 3.05) is 13.1 Å². The van der Waals surface area contributed by atoms with Gasteiger partial charge in [-0.3, -0.25) is 18.6 Å². The van der Waals surface area contributed by atoms with Crippen LogP contribution in [-0.2, 0) is 13.6 Å². The van der Waals surface area contributed by atoms with Gasteiger partial charge >= 0.3 is 5.69 Å². The van der Waals surface area contributed by atoms with E-state index in [1.165, 1.54) is 12.1 Å². The summed E-state index contributed by atoms with van der Waals surface area (Å²) in [4.78, 5) is 32.9. The lowest BCUT2D eigenvalue weighted by molar-refractivity contribution is 0.0672. The van der Waals surface area contributed by atoms with Gasteiger partial charge in [0.1, 0.15) is 5.82 Å². The van der Waals surface area contributed by atoms with Crippen LogP contribution in [0.5, 0.6) is 0 Å². The van der Waals surface area contributed by atoms with Gasteiger partial charge in [0.05, 0.1) is 18.1 Å². The first kappa shape index (κ1) is 21.1. The molecular formula is C24H25FN6O2. The van der Waals surface area contributed by atoms with Gasteiger partial charge in [0.15, 0.2) is 11.3 Å². The zero-order valence-corrected chi connectivity index (χ0v) is 18.6. The fraction of sp³-hybridized carbons (Fsp3) is 0.333. The first-order valence-electron chi connectivity index (χ1n) is 11.0. The van der Waals surface area contributed by atoms with Crippen LogP contribution in [0.1, 0.15) is 40.6 Å². The highest BCUT2D eigenvalue weighted by Gasteiger charge is 2.30. The Morgan fingerprint density at radius 2 is 2.06 bits per heavy atom. The third-order valence-corrected chi connectivity index (χ3v) is 6.33. The van der Waals surface area contributed by atoms with Gasteiger partial charge in [-0.2, -0.15) is 5.10 Å². The van der Waals surface area contributed by atoms with Crippen molar-refractivity contribution < 1.29 is 9.18 Å². The number of amides is 1. The van der Waals surface area contributed by atoms with Gasteiger partial charge < -0.3 is 4.90 Å². The number of carbonyl (C=O) groups excluding carboxylic acids is 1. The lowest BCUT2D eigenvalue weighted by Crippen LogP contribution is -2.43. The second-order valence-corrected chi connectivity index (χ2v) is 8.56. The molecular weight excluding hydrogens is 423 g/mol. The SMILES string of the molecule is Cc1cc(C(=O)N2CCC[C@H](n3c(=O)n(Cc4cccc(F)c4)c4cccnc43)C2)nn1C. The average Bonchev–Trinajstić information content (AvgIpc) is 3.29. The number of nitrogens with zero attached hydrogens (tertiary/aromatic N) is 6. The Kier molecular flexibility index (Phi) is 5.32. The monoisotopic (exact) mass is 448 g/mol. The summed E-state index contributed by atoms with van der Waals surface area (Å²) in [5, 5.41) is 4.32. The van der Waals surface area contributed by atoms with Crippen LogP contribution in [0.2, 0.25) is 0 Å².